The molecule has 5 rings (SSSR count). The van der Waals surface area contributed by atoms with Crippen LogP contribution >= 0.6 is 0 Å². The molecule has 0 radical (unpaired) electrons. The van der Waals surface area contributed by atoms with Gasteiger partial charge in [-0.3, -0.25) is 0 Å². The molecule has 2 aliphatic heterocycles. The van der Waals surface area contributed by atoms with Gasteiger partial charge in [0.1, 0.15) is 23.0 Å². The number of hydrogen-bond donors (Lipinski definition) is 0. The maximum atomic E-state index is 5.64. The molecule has 2 heterocycles. The highest BCUT2D eigenvalue weighted by molar-refractivity contribution is 6.63. The molecule has 33 heavy (non-hydrogen) atoms. The van der Waals surface area contributed by atoms with Gasteiger partial charge in [0.15, 0.2) is 0 Å². The van der Waals surface area contributed by atoms with E-state index < -0.39 is 14.2 Å². The average Bonchev–Trinajstić information content (AvgIpc) is 3.36. The van der Waals surface area contributed by atoms with Crippen LogP contribution in [0, 0.1) is 0 Å². The first-order valence-corrected chi connectivity index (χ1v) is 10.5. The number of anilines is 3. The standard InChI is InChI=1S/C26H21B2NO4/c1-18-19(2)31-27(30-18)22-10-14-25(15-11-22)29(24-8-6-5-7-9-24)26-16-12-23(13-17-26)28-32-20(3)21(4)33-28/h5-17H,1-4H2. The lowest BCUT2D eigenvalue weighted by Gasteiger charge is -2.26. The van der Waals surface area contributed by atoms with Crippen molar-refractivity contribution in [1.82, 2.24) is 0 Å². The molecule has 7 heteroatoms. The highest BCUT2D eigenvalue weighted by Gasteiger charge is 2.35. The van der Waals surface area contributed by atoms with Crippen molar-refractivity contribution in [3.05, 3.63) is 128 Å². The third-order valence-electron chi connectivity index (χ3n) is 5.48. The Kier molecular flexibility index (Phi) is 5.23. The summed E-state index contributed by atoms with van der Waals surface area (Å²) >= 11 is 0. The maximum absolute atomic E-state index is 5.64. The number of nitrogens with zero attached hydrogens (tertiary/aromatic N) is 1. The lowest BCUT2D eigenvalue weighted by Crippen LogP contribution is -2.31. The SMILES string of the molecule is C=C1OB(c2ccc(N(c3ccccc3)c3ccc(B4OC(=C)C(=C)O4)cc3)cc2)OC1=C. The fraction of sp³-hybridized carbons (Fsp3) is 0. The summed E-state index contributed by atoms with van der Waals surface area (Å²) in [7, 11) is -1.06. The number of benzene rings is 3. The summed E-state index contributed by atoms with van der Waals surface area (Å²) in [5.41, 5.74) is 4.78. The Morgan fingerprint density at radius 3 is 1.15 bits per heavy atom. The second kappa shape index (κ2) is 8.36. The van der Waals surface area contributed by atoms with Gasteiger partial charge in [-0.1, -0.05) is 68.8 Å². The van der Waals surface area contributed by atoms with Crippen molar-refractivity contribution in [3.8, 4) is 0 Å². The molecule has 2 fully saturated rings. The summed E-state index contributed by atoms with van der Waals surface area (Å²) < 4.78 is 22.6. The van der Waals surface area contributed by atoms with Gasteiger partial charge in [-0.05, 0) is 36.4 Å². The minimum Gasteiger partial charge on any atom is -0.520 e. The van der Waals surface area contributed by atoms with E-state index in [1.165, 1.54) is 0 Å². The summed E-state index contributed by atoms with van der Waals surface area (Å²) in [6, 6.07) is 26.2. The molecule has 0 aromatic heterocycles. The van der Waals surface area contributed by atoms with Crippen LogP contribution in [-0.4, -0.2) is 14.2 Å². The van der Waals surface area contributed by atoms with Crippen LogP contribution in [0.5, 0.6) is 0 Å². The molecule has 3 aromatic rings. The molecule has 0 aliphatic carbocycles. The molecular weight excluding hydrogens is 412 g/mol. The molecule has 0 bridgehead atoms. The van der Waals surface area contributed by atoms with Crippen LogP contribution in [0.25, 0.3) is 0 Å². The monoisotopic (exact) mass is 433 g/mol. The van der Waals surface area contributed by atoms with E-state index in [9.17, 15) is 0 Å². The average molecular weight is 433 g/mol. The largest absolute Gasteiger partial charge is 0.632 e. The molecule has 2 aliphatic rings. The predicted octanol–water partition coefficient (Wildman–Crippen LogP) is 4.70. The smallest absolute Gasteiger partial charge is 0.520 e. The molecule has 2 saturated heterocycles. The Balaban J connectivity index is 1.45. The Morgan fingerprint density at radius 1 is 0.455 bits per heavy atom. The summed E-state index contributed by atoms with van der Waals surface area (Å²) in [6.07, 6.45) is 0. The summed E-state index contributed by atoms with van der Waals surface area (Å²) in [5.74, 6) is 1.82. The Hall–Kier alpha value is -4.25. The van der Waals surface area contributed by atoms with Crippen LogP contribution in [0.4, 0.5) is 17.1 Å². The second-order valence-electron chi connectivity index (χ2n) is 7.68. The number of para-hydroxylation sites is 1. The van der Waals surface area contributed by atoms with E-state index in [0.717, 1.165) is 28.0 Å². The molecule has 3 aromatic carbocycles. The highest BCUT2D eigenvalue weighted by atomic mass is 16.6. The van der Waals surface area contributed by atoms with Crippen molar-refractivity contribution in [2.24, 2.45) is 0 Å². The molecule has 0 unspecified atom stereocenters. The molecule has 0 spiro atoms. The van der Waals surface area contributed by atoms with Gasteiger partial charge in [0, 0.05) is 28.0 Å². The minimum absolute atomic E-state index is 0.456. The van der Waals surface area contributed by atoms with Crippen LogP contribution in [0.1, 0.15) is 0 Å². The second-order valence-corrected chi connectivity index (χ2v) is 7.68. The first-order valence-electron chi connectivity index (χ1n) is 10.5. The molecule has 0 N–H and O–H groups in total. The molecule has 5 nitrogen and oxygen atoms in total. The maximum Gasteiger partial charge on any atom is 0.632 e. The van der Waals surface area contributed by atoms with Crippen LogP contribution in [0.15, 0.2) is 128 Å². The quantitative estimate of drug-likeness (QED) is 0.546. The summed E-state index contributed by atoms with van der Waals surface area (Å²) in [6.45, 7) is 15.2. The predicted molar refractivity (Wildman–Crippen MR) is 133 cm³/mol. The third kappa shape index (κ3) is 4.01. The minimum atomic E-state index is -0.528. The summed E-state index contributed by atoms with van der Waals surface area (Å²) in [5, 5.41) is 0. The van der Waals surface area contributed by atoms with E-state index in [2.05, 4.69) is 43.3 Å². The van der Waals surface area contributed by atoms with Crippen molar-refractivity contribution in [2.75, 3.05) is 4.90 Å². The fourth-order valence-corrected chi connectivity index (χ4v) is 3.69. The van der Waals surface area contributed by atoms with Crippen LogP contribution < -0.4 is 15.8 Å². The van der Waals surface area contributed by atoms with Gasteiger partial charge in [-0.15, -0.1) is 0 Å². The zero-order valence-corrected chi connectivity index (χ0v) is 18.1. The van der Waals surface area contributed by atoms with Gasteiger partial charge in [-0.25, -0.2) is 0 Å². The Labute approximate surface area is 194 Å². The zero-order chi connectivity index (χ0) is 22.9. The van der Waals surface area contributed by atoms with Crippen molar-refractivity contribution in [3.63, 3.8) is 0 Å². The number of hydrogen-bond acceptors (Lipinski definition) is 5. The van der Waals surface area contributed by atoms with Crippen LogP contribution in [0.2, 0.25) is 0 Å². The van der Waals surface area contributed by atoms with Crippen LogP contribution in [0.3, 0.4) is 0 Å². The van der Waals surface area contributed by atoms with E-state index >= 15 is 0 Å². The molecular formula is C26H21B2NO4. The van der Waals surface area contributed by atoms with Gasteiger partial charge in [-0.2, -0.15) is 0 Å². The van der Waals surface area contributed by atoms with Gasteiger partial charge >= 0.3 is 14.2 Å². The number of rotatable bonds is 5. The van der Waals surface area contributed by atoms with E-state index in [-0.39, 0.29) is 0 Å². The van der Waals surface area contributed by atoms with E-state index in [0.29, 0.717) is 23.0 Å². The van der Waals surface area contributed by atoms with Crippen molar-refractivity contribution in [2.45, 2.75) is 0 Å². The topological polar surface area (TPSA) is 40.2 Å². The highest BCUT2D eigenvalue weighted by Crippen LogP contribution is 2.34. The van der Waals surface area contributed by atoms with Gasteiger partial charge in [0.05, 0.1) is 0 Å². The lowest BCUT2D eigenvalue weighted by atomic mass is 9.79. The Morgan fingerprint density at radius 2 is 0.788 bits per heavy atom. The first kappa shape index (κ1) is 20.6. The van der Waals surface area contributed by atoms with Crippen molar-refractivity contribution in [1.29, 1.82) is 0 Å². The Bertz CT molecular complexity index is 1130. The molecule has 0 atom stereocenters. The van der Waals surface area contributed by atoms with Crippen molar-refractivity contribution < 1.29 is 18.6 Å². The van der Waals surface area contributed by atoms with E-state index in [1.807, 2.05) is 66.7 Å². The zero-order valence-electron chi connectivity index (χ0n) is 18.1. The molecule has 160 valence electrons. The third-order valence-corrected chi connectivity index (χ3v) is 5.48. The lowest BCUT2D eigenvalue weighted by molar-refractivity contribution is 0.430. The van der Waals surface area contributed by atoms with Gasteiger partial charge in [0.25, 0.3) is 0 Å². The molecule has 0 saturated carbocycles. The fourth-order valence-electron chi connectivity index (χ4n) is 3.69. The summed E-state index contributed by atoms with van der Waals surface area (Å²) in [4.78, 5) is 2.16. The van der Waals surface area contributed by atoms with E-state index in [4.69, 9.17) is 18.6 Å². The van der Waals surface area contributed by atoms with Crippen LogP contribution in [-0.2, 0) is 18.6 Å². The normalized spacial score (nSPS) is 15.2. The van der Waals surface area contributed by atoms with E-state index in [1.54, 1.807) is 0 Å². The van der Waals surface area contributed by atoms with Crippen molar-refractivity contribution >= 4 is 42.2 Å². The first-order chi connectivity index (χ1) is 16.0. The molecule has 0 amide bonds. The van der Waals surface area contributed by atoms with Gasteiger partial charge in [0.2, 0.25) is 0 Å². The van der Waals surface area contributed by atoms with Gasteiger partial charge < -0.3 is 23.5 Å².